The maximum atomic E-state index is 11.1. The molecule has 0 radical (unpaired) electrons. The van der Waals surface area contributed by atoms with Gasteiger partial charge in [-0.05, 0) is 30.9 Å². The summed E-state index contributed by atoms with van der Waals surface area (Å²) in [6.45, 7) is 9.44. The Kier molecular flexibility index (Phi) is 5.96. The van der Waals surface area contributed by atoms with Crippen LogP contribution in [0.4, 0.5) is 5.69 Å². The number of halogens is 1. The summed E-state index contributed by atoms with van der Waals surface area (Å²) in [5.74, 6) is 0. The minimum Gasteiger partial charge on any atom is -0.313 e. The van der Waals surface area contributed by atoms with Crippen LogP contribution < -0.4 is 5.32 Å². The molecule has 0 aliphatic carbocycles. The van der Waals surface area contributed by atoms with E-state index in [1.165, 1.54) is 6.07 Å². The molecule has 1 aromatic rings. The summed E-state index contributed by atoms with van der Waals surface area (Å²) in [7, 11) is 0. The molecule has 5 heteroatoms. The van der Waals surface area contributed by atoms with E-state index < -0.39 is 0 Å². The van der Waals surface area contributed by atoms with Crippen molar-refractivity contribution in [2.75, 3.05) is 6.54 Å². The second-order valence-electron chi connectivity index (χ2n) is 6.11. The van der Waals surface area contributed by atoms with Crippen LogP contribution in [-0.2, 0) is 6.42 Å². The zero-order valence-corrected chi connectivity index (χ0v) is 13.3. The number of benzene rings is 1. The number of hydrogen-bond acceptors (Lipinski definition) is 3. The lowest BCUT2D eigenvalue weighted by Crippen LogP contribution is -2.42. The van der Waals surface area contributed by atoms with E-state index in [0.717, 1.165) is 18.5 Å². The summed E-state index contributed by atoms with van der Waals surface area (Å²) < 4.78 is 0. The van der Waals surface area contributed by atoms with Gasteiger partial charge in [0.15, 0.2) is 0 Å². The van der Waals surface area contributed by atoms with Crippen LogP contribution in [-0.4, -0.2) is 17.5 Å². The molecular formula is C15H23ClN2O2. The van der Waals surface area contributed by atoms with Crippen molar-refractivity contribution in [1.82, 2.24) is 5.32 Å². The van der Waals surface area contributed by atoms with Crippen LogP contribution in [0.5, 0.6) is 0 Å². The fraction of sp³-hybridized carbons (Fsp3) is 0.600. The van der Waals surface area contributed by atoms with Crippen molar-refractivity contribution in [1.29, 1.82) is 0 Å². The molecule has 0 aliphatic rings. The standard InChI is InChI=1S/C15H23ClN2O2/c1-5-8-17-14(15(2,3)4)9-11-6-7-12(16)10-13(11)18(19)20/h6-7,10,14,17H,5,8-9H2,1-4H3. The molecule has 4 nitrogen and oxygen atoms in total. The summed E-state index contributed by atoms with van der Waals surface area (Å²) >= 11 is 5.85. The van der Waals surface area contributed by atoms with Crippen LogP contribution in [0.3, 0.4) is 0 Å². The summed E-state index contributed by atoms with van der Waals surface area (Å²) in [6.07, 6.45) is 1.66. The van der Waals surface area contributed by atoms with E-state index in [4.69, 9.17) is 11.6 Å². The second-order valence-corrected chi connectivity index (χ2v) is 6.54. The smallest absolute Gasteiger partial charge is 0.274 e. The van der Waals surface area contributed by atoms with Gasteiger partial charge in [0.1, 0.15) is 0 Å². The van der Waals surface area contributed by atoms with Gasteiger partial charge in [0.25, 0.3) is 5.69 Å². The fourth-order valence-electron chi connectivity index (χ4n) is 2.10. The van der Waals surface area contributed by atoms with Crippen molar-refractivity contribution >= 4 is 17.3 Å². The van der Waals surface area contributed by atoms with Gasteiger partial charge in [0.2, 0.25) is 0 Å². The molecule has 1 aromatic carbocycles. The minimum absolute atomic E-state index is 0.0304. The highest BCUT2D eigenvalue weighted by Gasteiger charge is 2.27. The highest BCUT2D eigenvalue weighted by molar-refractivity contribution is 6.30. The Bertz CT molecular complexity index is 469. The highest BCUT2D eigenvalue weighted by atomic mass is 35.5. The lowest BCUT2D eigenvalue weighted by atomic mass is 9.82. The molecule has 0 amide bonds. The number of hydrogen-bond donors (Lipinski definition) is 1. The molecule has 1 unspecified atom stereocenters. The Morgan fingerprint density at radius 2 is 2.05 bits per heavy atom. The van der Waals surface area contributed by atoms with Gasteiger partial charge in [-0.15, -0.1) is 0 Å². The normalized spacial score (nSPS) is 13.2. The topological polar surface area (TPSA) is 55.2 Å². The number of nitro groups is 1. The quantitative estimate of drug-likeness (QED) is 0.632. The molecule has 0 fully saturated rings. The molecule has 0 saturated carbocycles. The van der Waals surface area contributed by atoms with Crippen molar-refractivity contribution in [2.45, 2.75) is 46.6 Å². The van der Waals surface area contributed by atoms with E-state index in [1.54, 1.807) is 12.1 Å². The highest BCUT2D eigenvalue weighted by Crippen LogP contribution is 2.28. The summed E-state index contributed by atoms with van der Waals surface area (Å²) in [5, 5.41) is 15.0. The van der Waals surface area contributed by atoms with E-state index in [0.29, 0.717) is 11.4 Å². The van der Waals surface area contributed by atoms with Crippen molar-refractivity contribution in [3.8, 4) is 0 Å². The van der Waals surface area contributed by atoms with Crippen molar-refractivity contribution in [2.24, 2.45) is 5.41 Å². The van der Waals surface area contributed by atoms with Gasteiger partial charge >= 0.3 is 0 Å². The Hall–Kier alpha value is -1.13. The third-order valence-electron chi connectivity index (χ3n) is 3.35. The van der Waals surface area contributed by atoms with Gasteiger partial charge in [-0.1, -0.05) is 45.4 Å². The van der Waals surface area contributed by atoms with E-state index >= 15 is 0 Å². The van der Waals surface area contributed by atoms with Crippen molar-refractivity contribution in [3.63, 3.8) is 0 Å². The van der Waals surface area contributed by atoms with Crippen LogP contribution in [0.25, 0.3) is 0 Å². The molecule has 1 atom stereocenters. The van der Waals surface area contributed by atoms with Crippen molar-refractivity contribution in [3.05, 3.63) is 38.9 Å². The third-order valence-corrected chi connectivity index (χ3v) is 3.59. The molecule has 20 heavy (non-hydrogen) atoms. The predicted molar refractivity (Wildman–Crippen MR) is 83.3 cm³/mol. The third kappa shape index (κ3) is 4.76. The number of nitrogens with zero attached hydrogens (tertiary/aromatic N) is 1. The first kappa shape index (κ1) is 16.9. The summed E-state index contributed by atoms with van der Waals surface area (Å²) in [5.41, 5.74) is 0.857. The maximum absolute atomic E-state index is 11.1. The molecule has 0 aliphatic heterocycles. The van der Waals surface area contributed by atoms with Gasteiger partial charge in [0, 0.05) is 22.7 Å². The first-order valence-electron chi connectivity index (χ1n) is 6.92. The van der Waals surface area contributed by atoms with Gasteiger partial charge < -0.3 is 5.32 Å². The monoisotopic (exact) mass is 298 g/mol. The van der Waals surface area contributed by atoms with Crippen molar-refractivity contribution < 1.29 is 4.92 Å². The van der Waals surface area contributed by atoms with E-state index in [1.807, 2.05) is 0 Å². The molecule has 0 aromatic heterocycles. The number of rotatable bonds is 6. The van der Waals surface area contributed by atoms with E-state index in [-0.39, 0.29) is 22.1 Å². The van der Waals surface area contributed by atoms with Gasteiger partial charge in [-0.3, -0.25) is 10.1 Å². The zero-order valence-electron chi connectivity index (χ0n) is 12.6. The van der Waals surface area contributed by atoms with Gasteiger partial charge in [0.05, 0.1) is 4.92 Å². The van der Waals surface area contributed by atoms with Crippen LogP contribution in [0, 0.1) is 15.5 Å². The largest absolute Gasteiger partial charge is 0.313 e. The first-order chi connectivity index (χ1) is 9.25. The summed E-state index contributed by atoms with van der Waals surface area (Å²) in [4.78, 5) is 10.8. The number of nitro benzene ring substituents is 1. The average Bonchev–Trinajstić information content (AvgIpc) is 2.34. The maximum Gasteiger partial charge on any atom is 0.274 e. The predicted octanol–water partition coefficient (Wildman–Crippen LogP) is 4.21. The minimum atomic E-state index is -0.360. The molecule has 0 heterocycles. The van der Waals surface area contributed by atoms with Crippen LogP contribution in [0.2, 0.25) is 5.02 Å². The molecule has 1 N–H and O–H groups in total. The van der Waals surface area contributed by atoms with Gasteiger partial charge in [-0.2, -0.15) is 0 Å². The lowest BCUT2D eigenvalue weighted by Gasteiger charge is -2.31. The fourth-order valence-corrected chi connectivity index (χ4v) is 2.27. The average molecular weight is 299 g/mol. The molecular weight excluding hydrogens is 276 g/mol. The second kappa shape index (κ2) is 7.04. The van der Waals surface area contributed by atoms with E-state index in [9.17, 15) is 10.1 Å². The number of nitrogens with one attached hydrogen (secondary N) is 1. The first-order valence-corrected chi connectivity index (χ1v) is 7.29. The van der Waals surface area contributed by atoms with Gasteiger partial charge in [-0.25, -0.2) is 0 Å². The molecule has 0 bridgehead atoms. The molecule has 0 saturated heterocycles. The molecule has 0 spiro atoms. The Morgan fingerprint density at radius 3 is 2.55 bits per heavy atom. The summed E-state index contributed by atoms with van der Waals surface area (Å²) in [6, 6.07) is 5.08. The van der Waals surface area contributed by atoms with Crippen LogP contribution in [0.15, 0.2) is 18.2 Å². The van der Waals surface area contributed by atoms with E-state index in [2.05, 4.69) is 33.0 Å². The molecule has 1 rings (SSSR count). The Morgan fingerprint density at radius 1 is 1.40 bits per heavy atom. The Labute approximate surface area is 125 Å². The van der Waals surface area contributed by atoms with Crippen LogP contribution in [0.1, 0.15) is 39.7 Å². The lowest BCUT2D eigenvalue weighted by molar-refractivity contribution is -0.385. The SMILES string of the molecule is CCCNC(Cc1ccc(Cl)cc1[N+](=O)[O-])C(C)(C)C. The molecule has 112 valence electrons. The zero-order chi connectivity index (χ0) is 15.3. The Balaban J connectivity index is 3.01. The van der Waals surface area contributed by atoms with Crippen LogP contribution >= 0.6 is 11.6 Å².